The predicted molar refractivity (Wildman–Crippen MR) is 80.6 cm³/mol. The van der Waals surface area contributed by atoms with E-state index in [4.69, 9.17) is 15.5 Å². The van der Waals surface area contributed by atoms with E-state index in [1.54, 1.807) is 7.11 Å². The van der Waals surface area contributed by atoms with Crippen molar-refractivity contribution in [3.8, 4) is 17.1 Å². The summed E-state index contributed by atoms with van der Waals surface area (Å²) >= 11 is 0. The van der Waals surface area contributed by atoms with Gasteiger partial charge in [0.05, 0.1) is 18.1 Å². The van der Waals surface area contributed by atoms with Gasteiger partial charge in [0, 0.05) is 19.2 Å². The van der Waals surface area contributed by atoms with E-state index in [-0.39, 0.29) is 0 Å². The number of aromatic nitrogens is 2. The van der Waals surface area contributed by atoms with Crippen LogP contribution in [0.5, 0.6) is 5.75 Å². The van der Waals surface area contributed by atoms with E-state index < -0.39 is 0 Å². The number of nitrogens with two attached hydrogens (primary N) is 1. The second-order valence-corrected chi connectivity index (χ2v) is 4.71. The Balaban J connectivity index is 2.18. The van der Waals surface area contributed by atoms with Crippen LogP contribution in [-0.2, 0) is 13.6 Å². The van der Waals surface area contributed by atoms with Crippen molar-refractivity contribution in [3.05, 3.63) is 48.0 Å². The number of methoxy groups -OCH3 is 1. The Kier molecular flexibility index (Phi) is 3.16. The number of ether oxygens (including phenoxy) is 1. The maximum atomic E-state index is 5.79. The number of fused-ring (bicyclic) bond motifs is 1. The average molecular weight is 267 g/mol. The van der Waals surface area contributed by atoms with E-state index in [0.717, 1.165) is 33.7 Å². The topological polar surface area (TPSA) is 53.1 Å². The lowest BCUT2D eigenvalue weighted by Crippen LogP contribution is -1.97. The molecule has 2 N–H and O–H groups in total. The fraction of sp³-hybridized carbons (Fsp3) is 0.188. The van der Waals surface area contributed by atoms with Crippen LogP contribution in [0.25, 0.3) is 22.4 Å². The number of imidazole rings is 1. The Morgan fingerprint density at radius 1 is 1.15 bits per heavy atom. The van der Waals surface area contributed by atoms with Crippen LogP contribution in [-0.4, -0.2) is 16.7 Å². The number of aryl methyl sites for hydroxylation is 1. The van der Waals surface area contributed by atoms with E-state index in [9.17, 15) is 0 Å². The molecule has 0 aliphatic rings. The Morgan fingerprint density at radius 2 is 1.90 bits per heavy atom. The maximum absolute atomic E-state index is 5.79. The van der Waals surface area contributed by atoms with Crippen LogP contribution in [0.15, 0.2) is 42.5 Å². The lowest BCUT2D eigenvalue weighted by Gasteiger charge is -2.04. The molecule has 0 bridgehead atoms. The highest BCUT2D eigenvalue weighted by atomic mass is 16.5. The molecular formula is C16H17N3O. The zero-order chi connectivity index (χ0) is 14.1. The molecule has 0 radical (unpaired) electrons. The summed E-state index contributed by atoms with van der Waals surface area (Å²) in [7, 11) is 3.69. The largest absolute Gasteiger partial charge is 0.497 e. The minimum Gasteiger partial charge on any atom is -0.497 e. The molecule has 20 heavy (non-hydrogen) atoms. The summed E-state index contributed by atoms with van der Waals surface area (Å²) in [4.78, 5) is 4.75. The molecule has 0 saturated heterocycles. The van der Waals surface area contributed by atoms with E-state index >= 15 is 0 Å². The molecule has 3 rings (SSSR count). The predicted octanol–water partition coefficient (Wildman–Crippen LogP) is 2.71. The standard InChI is InChI=1S/C16H17N3O/c1-19-14-5-3-4-12(10-17)15(14)18-16(19)11-6-8-13(20-2)9-7-11/h3-9H,10,17H2,1-2H3. The van der Waals surface area contributed by atoms with Crippen LogP contribution >= 0.6 is 0 Å². The number of hydrogen-bond donors (Lipinski definition) is 1. The van der Waals surface area contributed by atoms with Crippen LogP contribution < -0.4 is 10.5 Å². The molecule has 0 amide bonds. The molecule has 0 aliphatic heterocycles. The first kappa shape index (κ1) is 12.7. The zero-order valence-electron chi connectivity index (χ0n) is 11.6. The van der Waals surface area contributed by atoms with Gasteiger partial charge in [-0.3, -0.25) is 0 Å². The molecule has 0 atom stereocenters. The summed E-state index contributed by atoms with van der Waals surface area (Å²) in [6, 6.07) is 14.0. The van der Waals surface area contributed by atoms with Crippen molar-refractivity contribution in [1.82, 2.24) is 9.55 Å². The third-order valence-electron chi connectivity index (χ3n) is 3.56. The van der Waals surface area contributed by atoms with Gasteiger partial charge in [-0.05, 0) is 35.9 Å². The summed E-state index contributed by atoms with van der Waals surface area (Å²) in [6.45, 7) is 0.496. The van der Waals surface area contributed by atoms with E-state index in [2.05, 4.69) is 10.6 Å². The summed E-state index contributed by atoms with van der Waals surface area (Å²) in [5.41, 5.74) is 9.99. The fourth-order valence-electron chi connectivity index (χ4n) is 2.44. The van der Waals surface area contributed by atoms with Crippen molar-refractivity contribution < 1.29 is 4.74 Å². The lowest BCUT2D eigenvalue weighted by atomic mass is 10.2. The molecule has 1 aromatic heterocycles. The fourth-order valence-corrected chi connectivity index (χ4v) is 2.44. The Labute approximate surface area is 117 Å². The van der Waals surface area contributed by atoms with Crippen molar-refractivity contribution in [1.29, 1.82) is 0 Å². The molecular weight excluding hydrogens is 250 g/mol. The van der Waals surface area contributed by atoms with Gasteiger partial charge in [-0.2, -0.15) is 0 Å². The SMILES string of the molecule is COc1ccc(-c2nc3c(CN)cccc3n2C)cc1. The van der Waals surface area contributed by atoms with Crippen molar-refractivity contribution in [2.45, 2.75) is 6.54 Å². The third-order valence-corrected chi connectivity index (χ3v) is 3.56. The van der Waals surface area contributed by atoms with Gasteiger partial charge in [-0.1, -0.05) is 12.1 Å². The zero-order valence-corrected chi connectivity index (χ0v) is 11.6. The van der Waals surface area contributed by atoms with Crippen molar-refractivity contribution in [2.75, 3.05) is 7.11 Å². The first-order valence-electron chi connectivity index (χ1n) is 6.53. The molecule has 2 aromatic carbocycles. The van der Waals surface area contributed by atoms with Gasteiger partial charge in [0.1, 0.15) is 11.6 Å². The highest BCUT2D eigenvalue weighted by Gasteiger charge is 2.11. The van der Waals surface area contributed by atoms with Gasteiger partial charge >= 0.3 is 0 Å². The smallest absolute Gasteiger partial charge is 0.140 e. The quantitative estimate of drug-likeness (QED) is 0.793. The second kappa shape index (κ2) is 4.98. The number of rotatable bonds is 3. The molecule has 1 heterocycles. The van der Waals surface area contributed by atoms with Crippen LogP contribution in [0.4, 0.5) is 0 Å². The summed E-state index contributed by atoms with van der Waals surface area (Å²) in [5, 5.41) is 0. The number of nitrogens with zero attached hydrogens (tertiary/aromatic N) is 2. The summed E-state index contributed by atoms with van der Waals surface area (Å²) in [5.74, 6) is 1.78. The van der Waals surface area contributed by atoms with Gasteiger partial charge in [-0.25, -0.2) is 4.98 Å². The molecule has 0 unspecified atom stereocenters. The van der Waals surface area contributed by atoms with Gasteiger partial charge in [0.15, 0.2) is 0 Å². The third kappa shape index (κ3) is 1.94. The van der Waals surface area contributed by atoms with Crippen molar-refractivity contribution >= 4 is 11.0 Å². The molecule has 0 fully saturated rings. The summed E-state index contributed by atoms with van der Waals surface area (Å²) < 4.78 is 7.28. The maximum Gasteiger partial charge on any atom is 0.140 e. The van der Waals surface area contributed by atoms with Crippen molar-refractivity contribution in [2.24, 2.45) is 12.8 Å². The van der Waals surface area contributed by atoms with Gasteiger partial charge in [-0.15, -0.1) is 0 Å². The highest BCUT2D eigenvalue weighted by Crippen LogP contribution is 2.26. The van der Waals surface area contributed by atoms with Crippen LogP contribution in [0.1, 0.15) is 5.56 Å². The van der Waals surface area contributed by atoms with Gasteiger partial charge < -0.3 is 15.0 Å². The molecule has 0 aliphatic carbocycles. The van der Waals surface area contributed by atoms with E-state index in [1.807, 2.05) is 43.4 Å². The molecule has 4 nitrogen and oxygen atoms in total. The first-order chi connectivity index (χ1) is 9.74. The lowest BCUT2D eigenvalue weighted by molar-refractivity contribution is 0.415. The first-order valence-corrected chi connectivity index (χ1v) is 6.53. The van der Waals surface area contributed by atoms with Crippen LogP contribution in [0, 0.1) is 0 Å². The Bertz CT molecular complexity index is 744. The molecule has 102 valence electrons. The normalized spacial score (nSPS) is 10.9. The molecule has 3 aromatic rings. The van der Waals surface area contributed by atoms with Crippen molar-refractivity contribution in [3.63, 3.8) is 0 Å². The van der Waals surface area contributed by atoms with E-state index in [0.29, 0.717) is 6.54 Å². The van der Waals surface area contributed by atoms with Crippen LogP contribution in [0.3, 0.4) is 0 Å². The Morgan fingerprint density at radius 3 is 2.55 bits per heavy atom. The minimum absolute atomic E-state index is 0.496. The van der Waals surface area contributed by atoms with E-state index in [1.165, 1.54) is 0 Å². The minimum atomic E-state index is 0.496. The average Bonchev–Trinajstić information content (AvgIpc) is 2.85. The number of hydrogen-bond acceptors (Lipinski definition) is 3. The monoisotopic (exact) mass is 267 g/mol. The highest BCUT2D eigenvalue weighted by molar-refractivity contribution is 5.83. The van der Waals surface area contributed by atoms with Gasteiger partial charge in [0.2, 0.25) is 0 Å². The Hall–Kier alpha value is -2.33. The molecule has 4 heteroatoms. The second-order valence-electron chi connectivity index (χ2n) is 4.71. The molecule has 0 spiro atoms. The van der Waals surface area contributed by atoms with Crippen LogP contribution in [0.2, 0.25) is 0 Å². The van der Waals surface area contributed by atoms with Gasteiger partial charge in [0.25, 0.3) is 0 Å². The molecule has 0 saturated carbocycles. The number of benzene rings is 2. The summed E-state index contributed by atoms with van der Waals surface area (Å²) in [6.07, 6.45) is 0. The number of para-hydroxylation sites is 1.